The Morgan fingerprint density at radius 1 is 1.38 bits per heavy atom. The Balaban J connectivity index is 1.96. The predicted octanol–water partition coefficient (Wildman–Crippen LogP) is 2.73. The number of hydrogen-bond acceptors (Lipinski definition) is 3. The third-order valence-corrected chi connectivity index (χ3v) is 3.95. The van der Waals surface area contributed by atoms with Crippen LogP contribution in [0.2, 0.25) is 0 Å². The molecule has 3 unspecified atom stereocenters. The number of benzene rings is 1. The molecule has 116 valence electrons. The van der Waals surface area contributed by atoms with Gasteiger partial charge in [-0.3, -0.25) is 4.79 Å². The molecule has 4 nitrogen and oxygen atoms in total. The van der Waals surface area contributed by atoms with Gasteiger partial charge in [-0.1, -0.05) is 13.0 Å². The minimum Gasteiger partial charge on any atom is -0.494 e. The first-order valence-electron chi connectivity index (χ1n) is 7.90. The molecule has 1 saturated heterocycles. The Hall–Kier alpha value is -1.55. The first-order chi connectivity index (χ1) is 10.1. The van der Waals surface area contributed by atoms with Crippen LogP contribution in [0.25, 0.3) is 0 Å². The fourth-order valence-electron chi connectivity index (χ4n) is 2.72. The van der Waals surface area contributed by atoms with Crippen LogP contribution in [0.4, 0.5) is 0 Å². The molecule has 0 saturated carbocycles. The molecule has 4 heteroatoms. The second-order valence-corrected chi connectivity index (χ2v) is 5.89. The van der Waals surface area contributed by atoms with E-state index < -0.39 is 0 Å². The van der Waals surface area contributed by atoms with Gasteiger partial charge < -0.3 is 15.4 Å². The van der Waals surface area contributed by atoms with E-state index in [9.17, 15) is 4.79 Å². The van der Waals surface area contributed by atoms with E-state index in [2.05, 4.69) is 31.4 Å². The van der Waals surface area contributed by atoms with Crippen molar-refractivity contribution in [1.29, 1.82) is 0 Å². The summed E-state index contributed by atoms with van der Waals surface area (Å²) in [5.41, 5.74) is 0.662. The molecular weight excluding hydrogens is 264 g/mol. The normalized spacial score (nSPS) is 25.4. The van der Waals surface area contributed by atoms with Crippen molar-refractivity contribution in [2.45, 2.75) is 58.2 Å². The second-order valence-electron chi connectivity index (χ2n) is 5.89. The maximum absolute atomic E-state index is 12.4. The number of carbonyl (C=O) groups is 1. The fraction of sp³-hybridized carbons (Fsp3) is 0.588. The summed E-state index contributed by atoms with van der Waals surface area (Å²) < 4.78 is 5.58. The van der Waals surface area contributed by atoms with E-state index in [1.807, 2.05) is 24.3 Å². The number of piperidine rings is 1. The standard InChI is InChI=1S/C17H26N2O2/c1-4-10-21-15-7-5-6-14(11-15)17(20)19-16-9-8-12(2)18-13(16)3/h5-7,11-13,16,18H,4,8-10H2,1-3H3,(H,19,20). The van der Waals surface area contributed by atoms with Gasteiger partial charge in [0.15, 0.2) is 0 Å². The zero-order valence-electron chi connectivity index (χ0n) is 13.2. The van der Waals surface area contributed by atoms with E-state index in [-0.39, 0.29) is 11.9 Å². The van der Waals surface area contributed by atoms with E-state index in [0.717, 1.165) is 25.0 Å². The molecule has 1 aliphatic heterocycles. The summed E-state index contributed by atoms with van der Waals surface area (Å²) >= 11 is 0. The van der Waals surface area contributed by atoms with Crippen molar-refractivity contribution in [2.75, 3.05) is 6.61 Å². The molecule has 1 heterocycles. The third-order valence-electron chi connectivity index (χ3n) is 3.95. The number of amides is 1. The monoisotopic (exact) mass is 290 g/mol. The van der Waals surface area contributed by atoms with Crippen LogP contribution in [0.5, 0.6) is 5.75 Å². The highest BCUT2D eigenvalue weighted by Gasteiger charge is 2.26. The van der Waals surface area contributed by atoms with E-state index >= 15 is 0 Å². The summed E-state index contributed by atoms with van der Waals surface area (Å²) in [6.45, 7) is 7.05. The van der Waals surface area contributed by atoms with Crippen LogP contribution < -0.4 is 15.4 Å². The zero-order valence-corrected chi connectivity index (χ0v) is 13.2. The van der Waals surface area contributed by atoms with Gasteiger partial charge >= 0.3 is 0 Å². The lowest BCUT2D eigenvalue weighted by Crippen LogP contribution is -2.54. The van der Waals surface area contributed by atoms with Crippen molar-refractivity contribution >= 4 is 5.91 Å². The largest absolute Gasteiger partial charge is 0.494 e. The molecule has 1 aromatic carbocycles. The molecule has 2 N–H and O–H groups in total. The van der Waals surface area contributed by atoms with Gasteiger partial charge in [0.25, 0.3) is 5.91 Å². The zero-order chi connectivity index (χ0) is 15.2. The highest BCUT2D eigenvalue weighted by Crippen LogP contribution is 2.16. The Kier molecular flexibility index (Phi) is 5.62. The average Bonchev–Trinajstić information content (AvgIpc) is 2.48. The molecule has 1 aromatic rings. The van der Waals surface area contributed by atoms with Crippen molar-refractivity contribution in [2.24, 2.45) is 0 Å². The molecule has 1 amide bonds. The smallest absolute Gasteiger partial charge is 0.251 e. The van der Waals surface area contributed by atoms with Gasteiger partial charge in [0.05, 0.1) is 6.61 Å². The van der Waals surface area contributed by atoms with Gasteiger partial charge in [-0.25, -0.2) is 0 Å². The fourth-order valence-corrected chi connectivity index (χ4v) is 2.72. The first kappa shape index (κ1) is 15.8. The van der Waals surface area contributed by atoms with Gasteiger partial charge in [0.2, 0.25) is 0 Å². The third kappa shape index (κ3) is 4.46. The van der Waals surface area contributed by atoms with Crippen LogP contribution in [0.3, 0.4) is 0 Å². The lowest BCUT2D eigenvalue weighted by Gasteiger charge is -2.34. The van der Waals surface area contributed by atoms with Crippen molar-refractivity contribution in [3.63, 3.8) is 0 Å². The van der Waals surface area contributed by atoms with Gasteiger partial charge in [0.1, 0.15) is 5.75 Å². The van der Waals surface area contributed by atoms with Crippen LogP contribution in [-0.2, 0) is 0 Å². The number of carbonyl (C=O) groups excluding carboxylic acids is 1. The lowest BCUT2D eigenvalue weighted by atomic mass is 9.95. The van der Waals surface area contributed by atoms with Gasteiger partial charge in [-0.05, 0) is 51.3 Å². The van der Waals surface area contributed by atoms with Crippen LogP contribution >= 0.6 is 0 Å². The predicted molar refractivity (Wildman–Crippen MR) is 84.8 cm³/mol. The van der Waals surface area contributed by atoms with Crippen LogP contribution in [-0.4, -0.2) is 30.6 Å². The highest BCUT2D eigenvalue weighted by atomic mass is 16.5. The summed E-state index contributed by atoms with van der Waals surface area (Å²) in [5.74, 6) is 0.734. The van der Waals surface area contributed by atoms with Gasteiger partial charge in [-0.15, -0.1) is 0 Å². The van der Waals surface area contributed by atoms with Gasteiger partial charge in [-0.2, -0.15) is 0 Å². The maximum atomic E-state index is 12.4. The molecule has 0 radical (unpaired) electrons. The molecular formula is C17H26N2O2. The Morgan fingerprint density at radius 3 is 2.90 bits per heavy atom. The highest BCUT2D eigenvalue weighted by molar-refractivity contribution is 5.94. The Morgan fingerprint density at radius 2 is 2.19 bits per heavy atom. The summed E-state index contributed by atoms with van der Waals surface area (Å²) in [7, 11) is 0. The van der Waals surface area contributed by atoms with Crippen LogP contribution in [0.1, 0.15) is 50.4 Å². The SMILES string of the molecule is CCCOc1cccc(C(=O)NC2CCC(C)NC2C)c1. The molecule has 1 aliphatic rings. The van der Waals surface area contributed by atoms with Crippen molar-refractivity contribution < 1.29 is 9.53 Å². The number of rotatable bonds is 5. The van der Waals surface area contributed by atoms with Crippen molar-refractivity contribution in [3.8, 4) is 5.75 Å². The van der Waals surface area contributed by atoms with Gasteiger partial charge in [0, 0.05) is 23.7 Å². The molecule has 2 rings (SSSR count). The quantitative estimate of drug-likeness (QED) is 0.876. The second kappa shape index (κ2) is 7.46. The van der Waals surface area contributed by atoms with Crippen LogP contribution in [0.15, 0.2) is 24.3 Å². The average molecular weight is 290 g/mol. The molecule has 21 heavy (non-hydrogen) atoms. The minimum atomic E-state index is -0.0230. The number of ether oxygens (including phenoxy) is 1. The van der Waals surface area contributed by atoms with E-state index in [1.54, 1.807) is 0 Å². The summed E-state index contributed by atoms with van der Waals surface area (Å²) in [6.07, 6.45) is 3.07. The molecule has 0 spiro atoms. The number of nitrogens with one attached hydrogen (secondary N) is 2. The van der Waals surface area contributed by atoms with E-state index in [4.69, 9.17) is 4.74 Å². The summed E-state index contributed by atoms with van der Waals surface area (Å²) in [6, 6.07) is 8.42. The summed E-state index contributed by atoms with van der Waals surface area (Å²) in [5, 5.41) is 6.62. The minimum absolute atomic E-state index is 0.0230. The first-order valence-corrected chi connectivity index (χ1v) is 7.90. The van der Waals surface area contributed by atoms with Crippen molar-refractivity contribution in [3.05, 3.63) is 29.8 Å². The molecule has 3 atom stereocenters. The van der Waals surface area contributed by atoms with E-state index in [0.29, 0.717) is 24.3 Å². The number of hydrogen-bond donors (Lipinski definition) is 2. The molecule has 1 fully saturated rings. The maximum Gasteiger partial charge on any atom is 0.251 e. The Bertz CT molecular complexity index is 476. The summed E-state index contributed by atoms with van der Waals surface area (Å²) in [4.78, 5) is 12.4. The molecule has 0 aromatic heterocycles. The molecule has 0 aliphatic carbocycles. The lowest BCUT2D eigenvalue weighted by molar-refractivity contribution is 0.0914. The molecule has 0 bridgehead atoms. The van der Waals surface area contributed by atoms with Crippen molar-refractivity contribution in [1.82, 2.24) is 10.6 Å². The van der Waals surface area contributed by atoms with Crippen LogP contribution in [0, 0.1) is 0 Å². The Labute approximate surface area is 127 Å². The van der Waals surface area contributed by atoms with E-state index in [1.165, 1.54) is 0 Å². The topological polar surface area (TPSA) is 50.4 Å².